The molecule has 1 heterocycles. The second-order valence-electron chi connectivity index (χ2n) is 4.46. The molecule has 3 nitrogen and oxygen atoms in total. The van der Waals surface area contributed by atoms with E-state index in [1.54, 1.807) is 24.5 Å². The first-order valence-corrected chi connectivity index (χ1v) is 7.33. The summed E-state index contributed by atoms with van der Waals surface area (Å²) in [5.74, 6) is 0.741. The van der Waals surface area contributed by atoms with Crippen LogP contribution < -0.4 is 10.1 Å². The van der Waals surface area contributed by atoms with Gasteiger partial charge in [0.2, 0.25) is 0 Å². The second kappa shape index (κ2) is 5.31. The molecule has 20 heavy (non-hydrogen) atoms. The minimum absolute atomic E-state index is 0.658. The molecule has 0 fully saturated rings. The molecule has 0 amide bonds. The van der Waals surface area contributed by atoms with E-state index in [1.165, 1.54) is 5.56 Å². The highest BCUT2D eigenvalue weighted by Crippen LogP contribution is 2.34. The fourth-order valence-corrected chi connectivity index (χ4v) is 3.13. The SMILES string of the molecule is COc1ccc(Cl)cc1Nc1nc2ccc(C)cc2s1. The summed E-state index contributed by atoms with van der Waals surface area (Å²) in [7, 11) is 1.64. The Bertz CT molecular complexity index is 770. The van der Waals surface area contributed by atoms with Gasteiger partial charge in [0.1, 0.15) is 5.75 Å². The van der Waals surface area contributed by atoms with Crippen molar-refractivity contribution < 1.29 is 4.74 Å². The van der Waals surface area contributed by atoms with E-state index in [-0.39, 0.29) is 0 Å². The number of methoxy groups -OCH3 is 1. The number of benzene rings is 2. The Kier molecular flexibility index (Phi) is 3.51. The number of thiazole rings is 1. The number of aryl methyl sites for hydroxylation is 1. The summed E-state index contributed by atoms with van der Waals surface area (Å²) >= 11 is 7.64. The lowest BCUT2D eigenvalue weighted by Crippen LogP contribution is -1.93. The molecule has 0 bridgehead atoms. The van der Waals surface area contributed by atoms with Crippen LogP contribution in [0.4, 0.5) is 10.8 Å². The number of fused-ring (bicyclic) bond motifs is 1. The van der Waals surface area contributed by atoms with Crippen LogP contribution >= 0.6 is 22.9 Å². The Labute approximate surface area is 126 Å². The molecule has 0 spiro atoms. The van der Waals surface area contributed by atoms with Crippen LogP contribution in [0.15, 0.2) is 36.4 Å². The minimum Gasteiger partial charge on any atom is -0.495 e. The Morgan fingerprint density at radius 3 is 2.85 bits per heavy atom. The molecule has 1 N–H and O–H groups in total. The lowest BCUT2D eigenvalue weighted by molar-refractivity contribution is 0.417. The fraction of sp³-hybridized carbons (Fsp3) is 0.133. The third-order valence-corrected chi connectivity index (χ3v) is 4.12. The molecule has 3 rings (SSSR count). The van der Waals surface area contributed by atoms with Crippen molar-refractivity contribution in [2.24, 2.45) is 0 Å². The lowest BCUT2D eigenvalue weighted by Gasteiger charge is -2.08. The molecule has 0 unspecified atom stereocenters. The first-order chi connectivity index (χ1) is 9.65. The highest BCUT2D eigenvalue weighted by atomic mass is 35.5. The van der Waals surface area contributed by atoms with Gasteiger partial charge < -0.3 is 10.1 Å². The van der Waals surface area contributed by atoms with E-state index in [0.717, 1.165) is 26.8 Å². The molecular formula is C15H13ClN2OS. The van der Waals surface area contributed by atoms with Crippen molar-refractivity contribution in [2.45, 2.75) is 6.92 Å². The van der Waals surface area contributed by atoms with Gasteiger partial charge in [0.05, 0.1) is 23.0 Å². The fourth-order valence-electron chi connectivity index (χ4n) is 1.98. The molecule has 0 aliphatic heterocycles. The maximum absolute atomic E-state index is 6.03. The van der Waals surface area contributed by atoms with Crippen LogP contribution in [0.5, 0.6) is 5.75 Å². The van der Waals surface area contributed by atoms with Crippen molar-refractivity contribution in [3.05, 3.63) is 47.0 Å². The van der Waals surface area contributed by atoms with E-state index in [0.29, 0.717) is 5.02 Å². The van der Waals surface area contributed by atoms with E-state index >= 15 is 0 Å². The molecule has 0 saturated heterocycles. The van der Waals surface area contributed by atoms with Crippen LogP contribution in [0, 0.1) is 6.92 Å². The summed E-state index contributed by atoms with van der Waals surface area (Å²) in [6.45, 7) is 2.08. The van der Waals surface area contributed by atoms with Crippen LogP contribution in [0.25, 0.3) is 10.2 Å². The molecule has 1 aromatic heterocycles. The molecule has 0 radical (unpaired) electrons. The maximum atomic E-state index is 6.03. The number of hydrogen-bond donors (Lipinski definition) is 1. The largest absolute Gasteiger partial charge is 0.495 e. The number of nitrogens with zero attached hydrogens (tertiary/aromatic N) is 1. The van der Waals surface area contributed by atoms with Gasteiger partial charge in [-0.3, -0.25) is 0 Å². The second-order valence-corrected chi connectivity index (χ2v) is 5.93. The van der Waals surface area contributed by atoms with Crippen LogP contribution in [-0.2, 0) is 0 Å². The molecule has 0 aliphatic rings. The Morgan fingerprint density at radius 1 is 1.20 bits per heavy atom. The van der Waals surface area contributed by atoms with Crippen LogP contribution in [0.1, 0.15) is 5.56 Å². The lowest BCUT2D eigenvalue weighted by atomic mass is 10.2. The summed E-state index contributed by atoms with van der Waals surface area (Å²) in [6.07, 6.45) is 0. The van der Waals surface area contributed by atoms with Crippen molar-refractivity contribution in [2.75, 3.05) is 12.4 Å². The van der Waals surface area contributed by atoms with Gasteiger partial charge in [-0.05, 0) is 42.8 Å². The van der Waals surface area contributed by atoms with Gasteiger partial charge in [-0.15, -0.1) is 0 Å². The predicted octanol–water partition coefficient (Wildman–Crippen LogP) is 5.01. The highest BCUT2D eigenvalue weighted by Gasteiger charge is 2.08. The first-order valence-electron chi connectivity index (χ1n) is 6.13. The van der Waals surface area contributed by atoms with Crippen LogP contribution in [0.2, 0.25) is 5.02 Å². The van der Waals surface area contributed by atoms with Gasteiger partial charge in [-0.2, -0.15) is 0 Å². The zero-order valence-corrected chi connectivity index (χ0v) is 12.7. The van der Waals surface area contributed by atoms with Gasteiger partial charge in [-0.25, -0.2) is 4.98 Å². The molecule has 0 atom stereocenters. The van der Waals surface area contributed by atoms with Gasteiger partial charge in [0.15, 0.2) is 5.13 Å². The smallest absolute Gasteiger partial charge is 0.188 e. The molecular weight excluding hydrogens is 292 g/mol. The Balaban J connectivity index is 1.98. The van der Waals surface area contributed by atoms with Gasteiger partial charge in [-0.1, -0.05) is 29.0 Å². The number of aromatic nitrogens is 1. The number of rotatable bonds is 3. The zero-order chi connectivity index (χ0) is 14.1. The molecule has 3 aromatic rings. The van der Waals surface area contributed by atoms with Gasteiger partial charge in [0.25, 0.3) is 0 Å². The summed E-state index contributed by atoms with van der Waals surface area (Å²) in [5, 5.41) is 4.75. The number of hydrogen-bond acceptors (Lipinski definition) is 4. The zero-order valence-electron chi connectivity index (χ0n) is 11.1. The van der Waals surface area contributed by atoms with Crippen molar-refractivity contribution >= 4 is 44.0 Å². The van der Waals surface area contributed by atoms with Crippen LogP contribution in [-0.4, -0.2) is 12.1 Å². The number of ether oxygens (including phenoxy) is 1. The monoisotopic (exact) mass is 304 g/mol. The third-order valence-electron chi connectivity index (χ3n) is 2.95. The number of halogens is 1. The van der Waals surface area contributed by atoms with Crippen molar-refractivity contribution in [3.63, 3.8) is 0 Å². The van der Waals surface area contributed by atoms with Gasteiger partial charge in [0, 0.05) is 5.02 Å². The average Bonchev–Trinajstić information content (AvgIpc) is 2.80. The molecule has 0 aliphatic carbocycles. The normalized spacial score (nSPS) is 10.8. The highest BCUT2D eigenvalue weighted by molar-refractivity contribution is 7.22. The van der Waals surface area contributed by atoms with Crippen molar-refractivity contribution in [1.82, 2.24) is 4.98 Å². The predicted molar refractivity (Wildman–Crippen MR) is 85.6 cm³/mol. The number of nitrogens with one attached hydrogen (secondary N) is 1. The van der Waals surface area contributed by atoms with Crippen LogP contribution in [0.3, 0.4) is 0 Å². The third kappa shape index (κ3) is 2.57. The van der Waals surface area contributed by atoms with E-state index in [2.05, 4.69) is 29.4 Å². The van der Waals surface area contributed by atoms with Crippen molar-refractivity contribution in [1.29, 1.82) is 0 Å². The minimum atomic E-state index is 0.658. The molecule has 102 valence electrons. The van der Waals surface area contributed by atoms with E-state index in [1.807, 2.05) is 18.2 Å². The maximum Gasteiger partial charge on any atom is 0.188 e. The van der Waals surface area contributed by atoms with E-state index < -0.39 is 0 Å². The number of anilines is 2. The summed E-state index contributed by atoms with van der Waals surface area (Å²) in [5.41, 5.74) is 3.04. The Morgan fingerprint density at radius 2 is 2.05 bits per heavy atom. The topological polar surface area (TPSA) is 34.1 Å². The molecule has 0 saturated carbocycles. The van der Waals surface area contributed by atoms with E-state index in [9.17, 15) is 0 Å². The van der Waals surface area contributed by atoms with Crippen molar-refractivity contribution in [3.8, 4) is 5.75 Å². The molecule has 5 heteroatoms. The molecule has 2 aromatic carbocycles. The first kappa shape index (κ1) is 13.2. The summed E-state index contributed by atoms with van der Waals surface area (Å²) in [4.78, 5) is 4.56. The van der Waals surface area contributed by atoms with Gasteiger partial charge >= 0.3 is 0 Å². The van der Waals surface area contributed by atoms with E-state index in [4.69, 9.17) is 16.3 Å². The standard InChI is InChI=1S/C15H13ClN2OS/c1-9-3-5-11-14(7-9)20-15(17-11)18-12-8-10(16)4-6-13(12)19-2/h3-8H,1-2H3,(H,17,18). The quantitative estimate of drug-likeness (QED) is 0.738. The Hall–Kier alpha value is -1.78. The summed E-state index contributed by atoms with van der Waals surface area (Å²) < 4.78 is 6.48. The summed E-state index contributed by atoms with van der Waals surface area (Å²) in [6, 6.07) is 11.7. The average molecular weight is 305 g/mol.